The summed E-state index contributed by atoms with van der Waals surface area (Å²) in [7, 11) is 0. The van der Waals surface area contributed by atoms with Crippen LogP contribution in [0.3, 0.4) is 0 Å². The van der Waals surface area contributed by atoms with Crippen LogP contribution in [0.25, 0.3) is 10.9 Å². The fourth-order valence-electron chi connectivity index (χ4n) is 3.40. The number of hydrogen-bond donors (Lipinski definition) is 2. The van der Waals surface area contributed by atoms with E-state index in [1.807, 2.05) is 17.1 Å². The van der Waals surface area contributed by atoms with Crippen LogP contribution in [0.2, 0.25) is 0 Å². The van der Waals surface area contributed by atoms with Gasteiger partial charge in [0.25, 0.3) is 0 Å². The Morgan fingerprint density at radius 3 is 2.91 bits per heavy atom. The Labute approximate surface area is 132 Å². The van der Waals surface area contributed by atoms with Crippen molar-refractivity contribution in [2.45, 2.75) is 12.1 Å². The Morgan fingerprint density at radius 1 is 1.30 bits per heavy atom. The summed E-state index contributed by atoms with van der Waals surface area (Å²) in [5.74, 6) is -1.21. The third-order valence-electron chi connectivity index (χ3n) is 4.51. The normalized spacial score (nSPS) is 23.9. The smallest absolute Gasteiger partial charge is 0.341 e. The number of carbonyl (C=O) groups is 1. The highest BCUT2D eigenvalue weighted by atomic mass is 16.5. The van der Waals surface area contributed by atoms with Crippen molar-refractivity contribution in [2.24, 2.45) is 0 Å². The number of aromatic nitrogens is 1. The second kappa shape index (κ2) is 5.36. The van der Waals surface area contributed by atoms with Gasteiger partial charge in [0, 0.05) is 18.1 Å². The zero-order valence-corrected chi connectivity index (χ0v) is 12.4. The molecule has 0 saturated carbocycles. The van der Waals surface area contributed by atoms with Crippen molar-refractivity contribution in [3.05, 3.63) is 46.2 Å². The SMILES string of the molecule is O=C(O)c1cn(N2C[C@@H]3NCCO[C@H]3C2)c2ccccc2c1=O. The molecule has 0 radical (unpaired) electrons. The Kier molecular flexibility index (Phi) is 3.32. The molecule has 120 valence electrons. The van der Waals surface area contributed by atoms with Crippen molar-refractivity contribution in [3.8, 4) is 0 Å². The molecule has 0 amide bonds. The predicted octanol–water partition coefficient (Wildman–Crippen LogP) is 0.00830. The fraction of sp³-hybridized carbons (Fsp3) is 0.375. The molecule has 3 heterocycles. The molecular weight excluding hydrogens is 298 g/mol. The lowest BCUT2D eigenvalue weighted by atomic mass is 10.1. The number of carboxylic acids is 1. The van der Waals surface area contributed by atoms with E-state index in [1.165, 1.54) is 6.20 Å². The van der Waals surface area contributed by atoms with E-state index >= 15 is 0 Å². The summed E-state index contributed by atoms with van der Waals surface area (Å²) in [6.45, 7) is 2.86. The number of aromatic carboxylic acids is 1. The van der Waals surface area contributed by atoms with Crippen molar-refractivity contribution in [2.75, 3.05) is 31.3 Å². The summed E-state index contributed by atoms with van der Waals surface area (Å²) in [6, 6.07) is 7.30. The molecule has 1 aromatic carbocycles. The highest BCUT2D eigenvalue weighted by molar-refractivity contribution is 5.92. The van der Waals surface area contributed by atoms with E-state index in [2.05, 4.69) is 5.32 Å². The van der Waals surface area contributed by atoms with Crippen molar-refractivity contribution in [1.29, 1.82) is 0 Å². The summed E-state index contributed by atoms with van der Waals surface area (Å²) in [6.07, 6.45) is 1.50. The van der Waals surface area contributed by atoms with Crippen molar-refractivity contribution in [3.63, 3.8) is 0 Å². The summed E-state index contributed by atoms with van der Waals surface area (Å²) in [5.41, 5.74) is 0.0453. The number of carboxylic acid groups (broad SMARTS) is 1. The second-order valence-electron chi connectivity index (χ2n) is 5.88. The van der Waals surface area contributed by atoms with Crippen molar-refractivity contribution >= 4 is 16.9 Å². The summed E-state index contributed by atoms with van der Waals surface area (Å²) < 4.78 is 7.55. The molecule has 2 aliphatic heterocycles. The van der Waals surface area contributed by atoms with E-state index in [0.717, 1.165) is 6.54 Å². The largest absolute Gasteiger partial charge is 0.477 e. The zero-order valence-electron chi connectivity index (χ0n) is 12.4. The summed E-state index contributed by atoms with van der Waals surface area (Å²) >= 11 is 0. The van der Waals surface area contributed by atoms with Crippen LogP contribution in [0.15, 0.2) is 35.3 Å². The maximum Gasteiger partial charge on any atom is 0.341 e. The van der Waals surface area contributed by atoms with Gasteiger partial charge < -0.3 is 20.2 Å². The molecule has 23 heavy (non-hydrogen) atoms. The highest BCUT2D eigenvalue weighted by Gasteiger charge is 2.36. The molecule has 0 spiro atoms. The highest BCUT2D eigenvalue weighted by Crippen LogP contribution is 2.19. The van der Waals surface area contributed by atoms with Gasteiger partial charge in [0.05, 0.1) is 37.4 Å². The van der Waals surface area contributed by atoms with Gasteiger partial charge in [-0.15, -0.1) is 0 Å². The first kappa shape index (κ1) is 14.2. The predicted molar refractivity (Wildman–Crippen MR) is 84.6 cm³/mol. The number of nitrogens with zero attached hydrogens (tertiary/aromatic N) is 2. The first-order valence-corrected chi connectivity index (χ1v) is 7.63. The molecule has 2 saturated heterocycles. The van der Waals surface area contributed by atoms with Crippen molar-refractivity contribution in [1.82, 2.24) is 9.99 Å². The van der Waals surface area contributed by atoms with Gasteiger partial charge in [-0.25, -0.2) is 4.79 Å². The lowest BCUT2D eigenvalue weighted by Gasteiger charge is -2.25. The molecule has 7 nitrogen and oxygen atoms in total. The van der Waals surface area contributed by atoms with E-state index in [9.17, 15) is 14.7 Å². The molecule has 1 aromatic heterocycles. The maximum atomic E-state index is 12.3. The number of para-hydroxylation sites is 1. The van der Waals surface area contributed by atoms with Crippen LogP contribution in [0.5, 0.6) is 0 Å². The van der Waals surface area contributed by atoms with Gasteiger partial charge in [-0.1, -0.05) is 12.1 Å². The Balaban J connectivity index is 1.85. The van der Waals surface area contributed by atoms with E-state index in [-0.39, 0.29) is 17.7 Å². The first-order valence-electron chi connectivity index (χ1n) is 7.63. The van der Waals surface area contributed by atoms with Gasteiger partial charge in [0.15, 0.2) is 0 Å². The molecule has 0 unspecified atom stereocenters. The molecule has 2 aromatic rings. The molecule has 2 aliphatic rings. The van der Waals surface area contributed by atoms with E-state index in [1.54, 1.807) is 16.8 Å². The maximum absolute atomic E-state index is 12.3. The standard InChI is InChI=1S/C16H17N3O4/c20-15-10-3-1-2-4-13(10)19(7-11(15)16(21)22)18-8-12-14(9-18)23-6-5-17-12/h1-4,7,12,14,17H,5-6,8-9H2,(H,21,22)/t12-,14-/m0/s1. The van der Waals surface area contributed by atoms with Crippen LogP contribution in [-0.4, -0.2) is 54.1 Å². The van der Waals surface area contributed by atoms with Gasteiger partial charge in [-0.05, 0) is 12.1 Å². The van der Waals surface area contributed by atoms with Gasteiger partial charge in [-0.2, -0.15) is 0 Å². The van der Waals surface area contributed by atoms with E-state index < -0.39 is 11.4 Å². The quantitative estimate of drug-likeness (QED) is 0.812. The third-order valence-corrected chi connectivity index (χ3v) is 4.51. The van der Waals surface area contributed by atoms with Crippen LogP contribution < -0.4 is 15.8 Å². The average molecular weight is 315 g/mol. The number of pyridine rings is 1. The zero-order chi connectivity index (χ0) is 16.0. The van der Waals surface area contributed by atoms with Gasteiger partial charge >= 0.3 is 5.97 Å². The Hall–Kier alpha value is -2.38. The lowest BCUT2D eigenvalue weighted by molar-refractivity contribution is 0.0209. The molecule has 2 fully saturated rings. The number of fused-ring (bicyclic) bond motifs is 2. The minimum absolute atomic E-state index is 0.0789. The molecule has 4 rings (SSSR count). The van der Waals surface area contributed by atoms with Crippen LogP contribution in [0.1, 0.15) is 10.4 Å². The first-order chi connectivity index (χ1) is 11.1. The minimum atomic E-state index is -1.21. The number of rotatable bonds is 2. The number of benzene rings is 1. The Morgan fingerprint density at radius 2 is 2.13 bits per heavy atom. The third kappa shape index (κ3) is 2.29. The second-order valence-corrected chi connectivity index (χ2v) is 5.88. The van der Waals surface area contributed by atoms with Crippen LogP contribution in [-0.2, 0) is 4.74 Å². The Bertz CT molecular complexity index is 818. The number of morpholine rings is 1. The molecule has 2 N–H and O–H groups in total. The number of hydrogen-bond acceptors (Lipinski definition) is 5. The average Bonchev–Trinajstić information content (AvgIpc) is 2.99. The lowest BCUT2D eigenvalue weighted by Crippen LogP contribution is -2.47. The van der Waals surface area contributed by atoms with Crippen LogP contribution in [0.4, 0.5) is 0 Å². The fourth-order valence-corrected chi connectivity index (χ4v) is 3.40. The van der Waals surface area contributed by atoms with E-state index in [4.69, 9.17) is 4.74 Å². The molecule has 0 aliphatic carbocycles. The molecule has 0 bridgehead atoms. The number of ether oxygens (including phenoxy) is 1. The molecular formula is C16H17N3O4. The van der Waals surface area contributed by atoms with Crippen molar-refractivity contribution < 1.29 is 14.6 Å². The summed E-state index contributed by atoms with van der Waals surface area (Å²) in [5, 5.41) is 15.2. The van der Waals surface area contributed by atoms with E-state index in [0.29, 0.717) is 30.6 Å². The molecule has 2 atom stereocenters. The topological polar surface area (TPSA) is 83.8 Å². The van der Waals surface area contributed by atoms with Gasteiger partial charge in [0.2, 0.25) is 5.43 Å². The van der Waals surface area contributed by atoms with Crippen LogP contribution in [0, 0.1) is 0 Å². The van der Waals surface area contributed by atoms with Gasteiger partial charge in [-0.3, -0.25) is 9.47 Å². The number of nitrogens with one attached hydrogen (secondary N) is 1. The monoisotopic (exact) mass is 315 g/mol. The summed E-state index contributed by atoms with van der Waals surface area (Å²) in [4.78, 5) is 23.8. The van der Waals surface area contributed by atoms with Crippen LogP contribution >= 0.6 is 0 Å². The minimum Gasteiger partial charge on any atom is -0.477 e. The van der Waals surface area contributed by atoms with Gasteiger partial charge in [0.1, 0.15) is 5.56 Å². The molecule has 7 heteroatoms.